The van der Waals surface area contributed by atoms with Crippen molar-refractivity contribution in [3.8, 4) is 0 Å². The molecule has 9 heteroatoms. The van der Waals surface area contributed by atoms with E-state index in [-0.39, 0.29) is 28.6 Å². The van der Waals surface area contributed by atoms with Crippen molar-refractivity contribution in [2.75, 3.05) is 16.4 Å². The molecule has 0 saturated carbocycles. The minimum Gasteiger partial charge on any atom is -0.478 e. The zero-order chi connectivity index (χ0) is 20.3. The largest absolute Gasteiger partial charge is 0.478 e. The van der Waals surface area contributed by atoms with E-state index in [1.54, 1.807) is 6.07 Å². The van der Waals surface area contributed by atoms with Gasteiger partial charge in [0.15, 0.2) is 0 Å². The van der Waals surface area contributed by atoms with E-state index >= 15 is 0 Å². The van der Waals surface area contributed by atoms with E-state index in [2.05, 4.69) is 20.6 Å². The molecular weight excluding hydrogens is 360 g/mol. The molecule has 0 aliphatic rings. The molecule has 1 aromatic heterocycles. The van der Waals surface area contributed by atoms with Crippen molar-refractivity contribution in [3.05, 3.63) is 65.4 Å². The molecule has 0 aliphatic heterocycles. The summed E-state index contributed by atoms with van der Waals surface area (Å²) < 4.78 is 0. The molecule has 142 valence electrons. The summed E-state index contributed by atoms with van der Waals surface area (Å²) in [6, 6.07) is 11.9. The van der Waals surface area contributed by atoms with Gasteiger partial charge < -0.3 is 27.2 Å². The topological polar surface area (TPSA) is 156 Å². The van der Waals surface area contributed by atoms with Gasteiger partial charge in [-0.3, -0.25) is 4.79 Å². The van der Waals surface area contributed by atoms with Crippen LogP contribution in [0.5, 0.6) is 0 Å². The van der Waals surface area contributed by atoms with Crippen LogP contribution in [0.3, 0.4) is 0 Å². The molecule has 0 fully saturated rings. The fourth-order valence-electron chi connectivity index (χ4n) is 2.54. The smallest absolute Gasteiger partial charge is 0.337 e. The number of carbonyl (C=O) groups is 2. The molecule has 2 aromatic carbocycles. The molecule has 1 amide bonds. The van der Waals surface area contributed by atoms with E-state index in [1.165, 1.54) is 18.3 Å². The van der Waals surface area contributed by atoms with Crippen molar-refractivity contribution in [1.82, 2.24) is 9.97 Å². The summed E-state index contributed by atoms with van der Waals surface area (Å²) >= 11 is 0. The molecule has 1 heterocycles. The number of hydrogen-bond acceptors (Lipinski definition) is 7. The quantitative estimate of drug-likeness (QED) is 0.410. The number of carbonyl (C=O) groups excluding carboxylic acids is 1. The van der Waals surface area contributed by atoms with Crippen LogP contribution in [0.1, 0.15) is 26.3 Å². The normalized spacial score (nSPS) is 10.3. The highest BCUT2D eigenvalue weighted by molar-refractivity contribution is 5.98. The molecule has 7 N–H and O–H groups in total. The van der Waals surface area contributed by atoms with E-state index in [0.29, 0.717) is 5.69 Å². The van der Waals surface area contributed by atoms with E-state index in [9.17, 15) is 9.59 Å². The Bertz CT molecular complexity index is 1070. The molecule has 3 aromatic rings. The Labute approximate surface area is 160 Å². The van der Waals surface area contributed by atoms with Gasteiger partial charge in [-0.15, -0.1) is 0 Å². The van der Waals surface area contributed by atoms with E-state index in [0.717, 1.165) is 11.3 Å². The Morgan fingerprint density at radius 1 is 1.04 bits per heavy atom. The van der Waals surface area contributed by atoms with Crippen molar-refractivity contribution in [2.45, 2.75) is 6.92 Å². The highest BCUT2D eigenvalue weighted by Crippen LogP contribution is 2.24. The second-order valence-corrected chi connectivity index (χ2v) is 6.05. The standard InChI is InChI=1S/C19H18N6O3/c1-10-3-2-4-11(7-10)23-17-14(16(21)26)9-22-19(25-17)24-12-5-6-13(18(27)28)15(20)8-12/h2-9H,20H2,1H3,(H2,21,26)(H,27,28)(H2,22,23,24,25). The zero-order valence-corrected chi connectivity index (χ0v) is 14.9. The van der Waals surface area contributed by atoms with Crippen molar-refractivity contribution in [3.63, 3.8) is 0 Å². The molecule has 0 spiro atoms. The summed E-state index contributed by atoms with van der Waals surface area (Å²) in [6.07, 6.45) is 1.31. The lowest BCUT2D eigenvalue weighted by atomic mass is 10.1. The van der Waals surface area contributed by atoms with E-state index in [1.807, 2.05) is 31.2 Å². The van der Waals surface area contributed by atoms with Gasteiger partial charge in [-0.2, -0.15) is 4.98 Å². The number of carboxylic acid groups (broad SMARTS) is 1. The van der Waals surface area contributed by atoms with E-state index in [4.69, 9.17) is 16.6 Å². The van der Waals surface area contributed by atoms with Crippen molar-refractivity contribution < 1.29 is 14.7 Å². The predicted molar refractivity (Wildman–Crippen MR) is 106 cm³/mol. The summed E-state index contributed by atoms with van der Waals surface area (Å²) in [5, 5.41) is 15.0. The van der Waals surface area contributed by atoms with Gasteiger partial charge >= 0.3 is 5.97 Å². The van der Waals surface area contributed by atoms with Gasteiger partial charge in [-0.1, -0.05) is 12.1 Å². The minimum atomic E-state index is -1.12. The summed E-state index contributed by atoms with van der Waals surface area (Å²) in [4.78, 5) is 31.2. The van der Waals surface area contributed by atoms with Crippen molar-refractivity contribution >= 4 is 40.7 Å². The summed E-state index contributed by atoms with van der Waals surface area (Å²) in [7, 11) is 0. The number of nitrogens with zero attached hydrogens (tertiary/aromatic N) is 2. The molecule has 0 unspecified atom stereocenters. The minimum absolute atomic E-state index is 0.00246. The third-order valence-corrected chi connectivity index (χ3v) is 3.87. The van der Waals surface area contributed by atoms with Gasteiger partial charge in [0.2, 0.25) is 5.95 Å². The van der Waals surface area contributed by atoms with Gasteiger partial charge in [-0.05, 0) is 42.8 Å². The summed E-state index contributed by atoms with van der Waals surface area (Å²) in [5.74, 6) is -1.36. The van der Waals surface area contributed by atoms with Crippen LogP contribution >= 0.6 is 0 Å². The average molecular weight is 378 g/mol. The van der Waals surface area contributed by atoms with Crippen LogP contribution in [0.2, 0.25) is 0 Å². The molecule has 0 atom stereocenters. The van der Waals surface area contributed by atoms with Crippen LogP contribution in [0.15, 0.2) is 48.7 Å². The van der Waals surface area contributed by atoms with E-state index < -0.39 is 11.9 Å². The molecule has 0 aliphatic carbocycles. The summed E-state index contributed by atoms with van der Waals surface area (Å²) in [5.41, 5.74) is 13.7. The van der Waals surface area contributed by atoms with Gasteiger partial charge in [-0.25, -0.2) is 9.78 Å². The van der Waals surface area contributed by atoms with Crippen LogP contribution < -0.4 is 22.1 Å². The monoisotopic (exact) mass is 378 g/mol. The zero-order valence-electron chi connectivity index (χ0n) is 14.9. The van der Waals surface area contributed by atoms with Gasteiger partial charge in [0.1, 0.15) is 11.4 Å². The first-order valence-corrected chi connectivity index (χ1v) is 8.24. The second-order valence-electron chi connectivity index (χ2n) is 6.05. The Morgan fingerprint density at radius 3 is 2.43 bits per heavy atom. The van der Waals surface area contributed by atoms with Crippen molar-refractivity contribution in [2.24, 2.45) is 5.73 Å². The average Bonchev–Trinajstić information content (AvgIpc) is 2.61. The molecule has 0 saturated heterocycles. The lowest BCUT2D eigenvalue weighted by molar-refractivity contribution is 0.0698. The highest BCUT2D eigenvalue weighted by Gasteiger charge is 2.14. The van der Waals surface area contributed by atoms with Gasteiger partial charge in [0.05, 0.1) is 5.56 Å². The Balaban J connectivity index is 1.91. The SMILES string of the molecule is Cc1cccc(Nc2nc(Nc3ccc(C(=O)O)c(N)c3)ncc2C(N)=O)c1. The molecule has 0 radical (unpaired) electrons. The molecule has 9 nitrogen and oxygen atoms in total. The lowest BCUT2D eigenvalue weighted by Gasteiger charge is -2.12. The first kappa shape index (κ1) is 18.6. The number of hydrogen-bond donors (Lipinski definition) is 5. The second kappa shape index (κ2) is 7.62. The molecule has 0 bridgehead atoms. The number of amides is 1. The number of nitrogen functional groups attached to an aromatic ring is 1. The maximum absolute atomic E-state index is 11.7. The third kappa shape index (κ3) is 4.15. The van der Waals surface area contributed by atoms with Gasteiger partial charge in [0.25, 0.3) is 5.91 Å². The summed E-state index contributed by atoms with van der Waals surface area (Å²) in [6.45, 7) is 1.94. The molecular formula is C19H18N6O3. The molecule has 3 rings (SSSR count). The van der Waals surface area contributed by atoms with Crippen LogP contribution in [-0.4, -0.2) is 27.0 Å². The number of nitrogens with two attached hydrogens (primary N) is 2. The predicted octanol–water partition coefficient (Wildman–Crippen LogP) is 2.65. The fourth-order valence-corrected chi connectivity index (χ4v) is 2.54. The number of primary amides is 1. The maximum atomic E-state index is 11.7. The first-order valence-electron chi connectivity index (χ1n) is 8.24. The lowest BCUT2D eigenvalue weighted by Crippen LogP contribution is -2.15. The number of nitrogens with one attached hydrogen (secondary N) is 2. The van der Waals surface area contributed by atoms with Gasteiger partial charge in [0, 0.05) is 23.3 Å². The van der Waals surface area contributed by atoms with Crippen LogP contribution in [-0.2, 0) is 0 Å². The molecule has 28 heavy (non-hydrogen) atoms. The Morgan fingerprint density at radius 2 is 1.79 bits per heavy atom. The number of anilines is 5. The number of aromatic carboxylic acids is 1. The number of benzene rings is 2. The van der Waals surface area contributed by atoms with Crippen LogP contribution in [0, 0.1) is 6.92 Å². The highest BCUT2D eigenvalue weighted by atomic mass is 16.4. The van der Waals surface area contributed by atoms with Crippen LogP contribution in [0.25, 0.3) is 0 Å². The third-order valence-electron chi connectivity index (χ3n) is 3.87. The number of carboxylic acids is 1. The Kier molecular flexibility index (Phi) is 5.07. The number of rotatable bonds is 6. The fraction of sp³-hybridized carbons (Fsp3) is 0.0526. The number of aryl methyl sites for hydroxylation is 1. The number of aromatic nitrogens is 2. The van der Waals surface area contributed by atoms with Crippen LogP contribution in [0.4, 0.5) is 28.8 Å². The first-order chi connectivity index (χ1) is 13.3. The maximum Gasteiger partial charge on any atom is 0.337 e. The van der Waals surface area contributed by atoms with Crippen molar-refractivity contribution in [1.29, 1.82) is 0 Å². The Hall–Kier alpha value is -4.14.